The Bertz CT molecular complexity index is 1210. The Kier molecular flexibility index (Phi) is 9.45. The zero-order valence-electron chi connectivity index (χ0n) is 20.2. The maximum absolute atomic E-state index is 12.6. The Hall–Kier alpha value is -2.72. The molecule has 4 N–H and O–H groups in total. The number of hydrogen-bond acceptors (Lipinski definition) is 7. The lowest BCUT2D eigenvalue weighted by Gasteiger charge is -2.23. The van der Waals surface area contributed by atoms with E-state index in [-0.39, 0.29) is 16.7 Å². The van der Waals surface area contributed by atoms with E-state index in [2.05, 4.69) is 21.9 Å². The van der Waals surface area contributed by atoms with Crippen molar-refractivity contribution in [3.8, 4) is 5.75 Å². The summed E-state index contributed by atoms with van der Waals surface area (Å²) in [7, 11) is -1.68. The summed E-state index contributed by atoms with van der Waals surface area (Å²) in [4.78, 5) is 3.03. The molecule has 0 saturated carbocycles. The number of anilines is 2. The minimum atomic E-state index is -3.64. The number of aliphatic hydroxyl groups is 1. The standard InChI is InChI=1S/C26H33N3O4S2/c1-19(27-18-25(31)20-12-13-24(30)26(16-20)34-3)14-15-29(2)22-9-7-8-21(17-22)28-35(32,33)23-10-5-4-6-11-23/h4-13,16-17,19,25,27-28,30-31H,14-15,18H2,1-3H3. The Morgan fingerprint density at radius 1 is 1.03 bits per heavy atom. The molecule has 7 nitrogen and oxygen atoms in total. The van der Waals surface area contributed by atoms with Crippen LogP contribution in [0.25, 0.3) is 0 Å². The first-order valence-electron chi connectivity index (χ1n) is 11.4. The van der Waals surface area contributed by atoms with Crippen molar-refractivity contribution < 1.29 is 18.6 Å². The molecule has 0 aliphatic carbocycles. The number of nitrogens with one attached hydrogen (secondary N) is 2. The fourth-order valence-corrected chi connectivity index (χ4v) is 5.17. The lowest BCUT2D eigenvalue weighted by Crippen LogP contribution is -2.33. The second kappa shape index (κ2) is 12.3. The molecule has 0 amide bonds. The van der Waals surface area contributed by atoms with Crippen LogP contribution in [-0.2, 0) is 10.0 Å². The first-order chi connectivity index (χ1) is 16.7. The number of aromatic hydroxyl groups is 1. The molecule has 2 unspecified atom stereocenters. The van der Waals surface area contributed by atoms with E-state index >= 15 is 0 Å². The molecule has 35 heavy (non-hydrogen) atoms. The fourth-order valence-electron chi connectivity index (χ4n) is 3.57. The van der Waals surface area contributed by atoms with Crippen LogP contribution in [0.15, 0.2) is 82.6 Å². The molecule has 0 aliphatic rings. The van der Waals surface area contributed by atoms with Crippen molar-refractivity contribution in [1.29, 1.82) is 0 Å². The molecule has 2 atom stereocenters. The zero-order valence-corrected chi connectivity index (χ0v) is 21.8. The number of aliphatic hydroxyl groups excluding tert-OH is 1. The van der Waals surface area contributed by atoms with Gasteiger partial charge in [-0.2, -0.15) is 0 Å². The van der Waals surface area contributed by atoms with E-state index in [0.717, 1.165) is 29.1 Å². The molecule has 3 aromatic rings. The van der Waals surface area contributed by atoms with Crippen LogP contribution in [0.5, 0.6) is 5.75 Å². The van der Waals surface area contributed by atoms with Gasteiger partial charge in [-0.3, -0.25) is 4.72 Å². The molecule has 0 heterocycles. The van der Waals surface area contributed by atoms with Crippen molar-refractivity contribution in [2.75, 3.05) is 36.0 Å². The van der Waals surface area contributed by atoms with Crippen LogP contribution >= 0.6 is 11.8 Å². The summed E-state index contributed by atoms with van der Waals surface area (Å²) in [5.74, 6) is 0.217. The van der Waals surface area contributed by atoms with Crippen LogP contribution in [-0.4, -0.2) is 51.1 Å². The highest BCUT2D eigenvalue weighted by atomic mass is 32.2. The zero-order chi connectivity index (χ0) is 25.4. The molecule has 0 fully saturated rings. The van der Waals surface area contributed by atoms with Crippen molar-refractivity contribution in [2.24, 2.45) is 0 Å². The van der Waals surface area contributed by atoms with Gasteiger partial charge in [0, 0.05) is 36.8 Å². The number of rotatable bonds is 12. The van der Waals surface area contributed by atoms with Gasteiger partial charge in [-0.05, 0) is 67.6 Å². The van der Waals surface area contributed by atoms with Crippen molar-refractivity contribution in [3.05, 3.63) is 78.4 Å². The van der Waals surface area contributed by atoms with Crippen LogP contribution in [0.2, 0.25) is 0 Å². The Labute approximate surface area is 212 Å². The average Bonchev–Trinajstić information content (AvgIpc) is 2.86. The molecule has 9 heteroatoms. The number of phenolic OH excluding ortho intramolecular Hbond substituents is 1. The molecule has 3 rings (SSSR count). The third kappa shape index (κ3) is 7.63. The largest absolute Gasteiger partial charge is 0.507 e. The lowest BCUT2D eigenvalue weighted by atomic mass is 10.1. The monoisotopic (exact) mass is 515 g/mol. The summed E-state index contributed by atoms with van der Waals surface area (Å²) < 4.78 is 27.9. The summed E-state index contributed by atoms with van der Waals surface area (Å²) in [6.07, 6.45) is 2.04. The summed E-state index contributed by atoms with van der Waals surface area (Å²) in [5.41, 5.74) is 2.17. The summed E-state index contributed by atoms with van der Waals surface area (Å²) >= 11 is 1.44. The second-order valence-corrected chi connectivity index (χ2v) is 11.0. The van der Waals surface area contributed by atoms with E-state index in [1.165, 1.54) is 11.8 Å². The van der Waals surface area contributed by atoms with E-state index in [0.29, 0.717) is 12.2 Å². The Balaban J connectivity index is 1.51. The highest BCUT2D eigenvalue weighted by Crippen LogP contribution is 2.29. The van der Waals surface area contributed by atoms with Crippen LogP contribution in [0.3, 0.4) is 0 Å². The molecule has 0 saturated heterocycles. The van der Waals surface area contributed by atoms with E-state index in [1.54, 1.807) is 48.5 Å². The Morgan fingerprint density at radius 2 is 1.77 bits per heavy atom. The van der Waals surface area contributed by atoms with Crippen molar-refractivity contribution >= 4 is 33.2 Å². The maximum Gasteiger partial charge on any atom is 0.261 e. The van der Waals surface area contributed by atoms with Gasteiger partial charge < -0.3 is 20.4 Å². The molecule has 0 spiro atoms. The molecule has 188 valence electrons. The third-order valence-corrected chi connectivity index (χ3v) is 7.90. The molecule has 0 aliphatic heterocycles. The van der Waals surface area contributed by atoms with Crippen LogP contribution in [0.1, 0.15) is 25.0 Å². The quantitative estimate of drug-likeness (QED) is 0.264. The number of benzene rings is 3. The minimum absolute atomic E-state index is 0.156. The van der Waals surface area contributed by atoms with Crippen LogP contribution in [0.4, 0.5) is 11.4 Å². The molecule has 3 aromatic carbocycles. The molecular formula is C26H33N3O4S2. The number of thioether (sulfide) groups is 1. The van der Waals surface area contributed by atoms with E-state index in [9.17, 15) is 18.6 Å². The van der Waals surface area contributed by atoms with Crippen LogP contribution in [0, 0.1) is 0 Å². The maximum atomic E-state index is 12.6. The predicted octanol–water partition coefficient (Wildman–Crippen LogP) is 4.45. The van der Waals surface area contributed by atoms with Crippen molar-refractivity contribution in [3.63, 3.8) is 0 Å². The normalized spacial score (nSPS) is 13.3. The van der Waals surface area contributed by atoms with E-state index in [4.69, 9.17) is 0 Å². The van der Waals surface area contributed by atoms with Gasteiger partial charge in [-0.25, -0.2) is 8.42 Å². The first-order valence-corrected chi connectivity index (χ1v) is 14.1. The summed E-state index contributed by atoms with van der Waals surface area (Å²) in [5, 5.41) is 23.7. The minimum Gasteiger partial charge on any atom is -0.507 e. The highest BCUT2D eigenvalue weighted by Gasteiger charge is 2.15. The van der Waals surface area contributed by atoms with Gasteiger partial charge in [0.25, 0.3) is 10.0 Å². The first kappa shape index (κ1) is 26.9. The second-order valence-electron chi connectivity index (χ2n) is 8.44. The van der Waals surface area contributed by atoms with Crippen LogP contribution < -0.4 is 14.9 Å². The van der Waals surface area contributed by atoms with Crippen molar-refractivity contribution in [1.82, 2.24) is 5.32 Å². The summed E-state index contributed by atoms with van der Waals surface area (Å²) in [6, 6.07) is 20.9. The average molecular weight is 516 g/mol. The van der Waals surface area contributed by atoms with Gasteiger partial charge in [0.1, 0.15) is 5.75 Å². The molecule has 0 radical (unpaired) electrons. The van der Waals surface area contributed by atoms with Gasteiger partial charge in [0.15, 0.2) is 0 Å². The topological polar surface area (TPSA) is 102 Å². The van der Waals surface area contributed by atoms with E-state index < -0.39 is 16.1 Å². The van der Waals surface area contributed by atoms with Gasteiger partial charge in [-0.1, -0.05) is 30.3 Å². The van der Waals surface area contributed by atoms with Gasteiger partial charge in [0.05, 0.1) is 16.7 Å². The van der Waals surface area contributed by atoms with Crippen molar-refractivity contribution in [2.45, 2.75) is 35.3 Å². The lowest BCUT2D eigenvalue weighted by molar-refractivity contribution is 0.170. The fraction of sp³-hybridized carbons (Fsp3) is 0.308. The highest BCUT2D eigenvalue weighted by molar-refractivity contribution is 7.98. The van der Waals surface area contributed by atoms with Gasteiger partial charge in [0.2, 0.25) is 0 Å². The number of hydrogen-bond donors (Lipinski definition) is 4. The predicted molar refractivity (Wildman–Crippen MR) is 144 cm³/mol. The Morgan fingerprint density at radius 3 is 2.49 bits per heavy atom. The molecule has 0 aromatic heterocycles. The SMILES string of the molecule is CSc1cc(C(O)CNC(C)CCN(C)c2cccc(NS(=O)(=O)c3ccccc3)c2)ccc1O. The number of nitrogens with zero attached hydrogens (tertiary/aromatic N) is 1. The van der Waals surface area contributed by atoms with Gasteiger partial charge >= 0.3 is 0 Å². The number of sulfonamides is 1. The summed E-state index contributed by atoms with van der Waals surface area (Å²) in [6.45, 7) is 3.21. The van der Waals surface area contributed by atoms with E-state index in [1.807, 2.05) is 37.6 Å². The van der Waals surface area contributed by atoms with Gasteiger partial charge in [-0.15, -0.1) is 11.8 Å². The number of phenols is 1. The molecular weight excluding hydrogens is 482 g/mol. The smallest absolute Gasteiger partial charge is 0.261 e. The third-order valence-electron chi connectivity index (χ3n) is 5.74. The molecule has 0 bridgehead atoms.